The molecule has 6 heteroatoms. The Morgan fingerprint density at radius 2 is 2.19 bits per heavy atom. The number of hydrogen-bond acceptors (Lipinski definition) is 3. The normalized spacial score (nSPS) is 19.0. The van der Waals surface area contributed by atoms with Crippen LogP contribution in [0.4, 0.5) is 0 Å². The van der Waals surface area contributed by atoms with Crippen LogP contribution in [0.15, 0.2) is 17.3 Å². The molecule has 0 N–H and O–H groups in total. The third kappa shape index (κ3) is 1.99. The van der Waals surface area contributed by atoms with E-state index in [0.717, 1.165) is 12.8 Å². The highest BCUT2D eigenvalue weighted by molar-refractivity contribution is 7.89. The van der Waals surface area contributed by atoms with Crippen molar-refractivity contribution in [2.75, 3.05) is 7.05 Å². The van der Waals surface area contributed by atoms with E-state index in [1.54, 1.807) is 14.1 Å². The van der Waals surface area contributed by atoms with Crippen molar-refractivity contribution in [1.82, 2.24) is 14.1 Å². The highest BCUT2D eigenvalue weighted by Gasteiger charge is 2.36. The molecule has 90 valence electrons. The summed E-state index contributed by atoms with van der Waals surface area (Å²) in [6, 6.07) is 0.0743. The van der Waals surface area contributed by atoms with Crippen molar-refractivity contribution >= 4 is 10.0 Å². The second-order valence-corrected chi connectivity index (χ2v) is 6.45. The summed E-state index contributed by atoms with van der Waals surface area (Å²) in [6.45, 7) is 1.96. The van der Waals surface area contributed by atoms with Crippen molar-refractivity contribution in [3.8, 4) is 0 Å². The van der Waals surface area contributed by atoms with Gasteiger partial charge in [-0.3, -0.25) is 4.68 Å². The van der Waals surface area contributed by atoms with Gasteiger partial charge in [-0.25, -0.2) is 8.42 Å². The quantitative estimate of drug-likeness (QED) is 0.787. The molecule has 1 fully saturated rings. The topological polar surface area (TPSA) is 55.2 Å². The summed E-state index contributed by atoms with van der Waals surface area (Å²) in [5, 5.41) is 3.90. The van der Waals surface area contributed by atoms with Crippen LogP contribution in [0, 0.1) is 5.92 Å². The van der Waals surface area contributed by atoms with Crippen molar-refractivity contribution in [2.45, 2.75) is 30.7 Å². The first-order valence-electron chi connectivity index (χ1n) is 5.39. The van der Waals surface area contributed by atoms with Gasteiger partial charge in [0, 0.05) is 26.3 Å². The number of hydrogen-bond donors (Lipinski definition) is 0. The maximum absolute atomic E-state index is 12.2. The molecule has 1 saturated carbocycles. The van der Waals surface area contributed by atoms with Crippen molar-refractivity contribution in [1.29, 1.82) is 0 Å². The van der Waals surface area contributed by atoms with Gasteiger partial charge in [-0.05, 0) is 25.7 Å². The Labute approximate surface area is 96.1 Å². The average molecular weight is 243 g/mol. The van der Waals surface area contributed by atoms with E-state index in [-0.39, 0.29) is 10.9 Å². The summed E-state index contributed by atoms with van der Waals surface area (Å²) in [4.78, 5) is 0.269. The minimum Gasteiger partial charge on any atom is -0.274 e. The number of sulfonamides is 1. The predicted octanol–water partition coefficient (Wildman–Crippen LogP) is 0.839. The maximum atomic E-state index is 12.2. The second kappa shape index (κ2) is 3.85. The van der Waals surface area contributed by atoms with E-state index < -0.39 is 10.0 Å². The summed E-state index contributed by atoms with van der Waals surface area (Å²) in [6.07, 6.45) is 5.19. The van der Waals surface area contributed by atoms with Crippen LogP contribution >= 0.6 is 0 Å². The molecule has 0 amide bonds. The molecular weight excluding hydrogens is 226 g/mol. The molecule has 0 spiro atoms. The van der Waals surface area contributed by atoms with Crippen molar-refractivity contribution < 1.29 is 8.42 Å². The lowest BCUT2D eigenvalue weighted by Crippen LogP contribution is -2.36. The van der Waals surface area contributed by atoms with Crippen molar-refractivity contribution in [3.63, 3.8) is 0 Å². The number of aryl methyl sites for hydroxylation is 1. The molecular formula is C10H17N3O2S. The molecule has 0 saturated heterocycles. The van der Waals surface area contributed by atoms with E-state index in [4.69, 9.17) is 0 Å². The molecule has 1 heterocycles. The second-order valence-electron chi connectivity index (χ2n) is 4.45. The Morgan fingerprint density at radius 1 is 1.56 bits per heavy atom. The summed E-state index contributed by atoms with van der Waals surface area (Å²) < 4.78 is 27.3. The Bertz CT molecular complexity index is 476. The van der Waals surface area contributed by atoms with Gasteiger partial charge in [0.2, 0.25) is 10.0 Å². The molecule has 1 aliphatic carbocycles. The highest BCUT2D eigenvalue weighted by atomic mass is 32.2. The first-order chi connectivity index (χ1) is 7.43. The van der Waals surface area contributed by atoms with Gasteiger partial charge in [0.25, 0.3) is 0 Å². The predicted molar refractivity (Wildman–Crippen MR) is 60.3 cm³/mol. The van der Waals surface area contributed by atoms with Crippen LogP contribution in [0.25, 0.3) is 0 Å². The molecule has 1 aliphatic rings. The summed E-state index contributed by atoms with van der Waals surface area (Å²) in [7, 11) is -0.0166. The minimum atomic E-state index is -3.37. The molecule has 0 bridgehead atoms. The number of aromatic nitrogens is 2. The Kier molecular flexibility index (Phi) is 2.79. The van der Waals surface area contributed by atoms with Gasteiger partial charge in [-0.1, -0.05) is 0 Å². The lowest BCUT2D eigenvalue weighted by atomic mass is 10.2. The van der Waals surface area contributed by atoms with Gasteiger partial charge in [-0.2, -0.15) is 9.40 Å². The van der Waals surface area contributed by atoms with Crippen LogP contribution in [0.5, 0.6) is 0 Å². The van der Waals surface area contributed by atoms with E-state index >= 15 is 0 Å². The fraction of sp³-hybridized carbons (Fsp3) is 0.700. The SMILES string of the molecule is C[C@H](C1CC1)N(C)S(=O)(=O)c1cnn(C)c1. The van der Waals surface area contributed by atoms with Gasteiger partial charge in [0.05, 0.1) is 6.20 Å². The zero-order valence-electron chi connectivity index (χ0n) is 9.79. The van der Waals surface area contributed by atoms with Gasteiger partial charge < -0.3 is 0 Å². The fourth-order valence-corrected chi connectivity index (χ4v) is 3.20. The van der Waals surface area contributed by atoms with E-state index in [1.165, 1.54) is 21.4 Å². The van der Waals surface area contributed by atoms with Crippen LogP contribution < -0.4 is 0 Å². The maximum Gasteiger partial charge on any atom is 0.246 e. The first-order valence-corrected chi connectivity index (χ1v) is 6.83. The van der Waals surface area contributed by atoms with Crippen LogP contribution in [0.2, 0.25) is 0 Å². The van der Waals surface area contributed by atoms with E-state index in [0.29, 0.717) is 5.92 Å². The smallest absolute Gasteiger partial charge is 0.246 e. The largest absolute Gasteiger partial charge is 0.274 e. The van der Waals surface area contributed by atoms with E-state index in [2.05, 4.69) is 5.10 Å². The molecule has 0 aromatic carbocycles. The lowest BCUT2D eigenvalue weighted by Gasteiger charge is -2.23. The van der Waals surface area contributed by atoms with Crippen LogP contribution in [0.1, 0.15) is 19.8 Å². The van der Waals surface area contributed by atoms with Gasteiger partial charge in [-0.15, -0.1) is 0 Å². The van der Waals surface area contributed by atoms with Gasteiger partial charge in [0.1, 0.15) is 4.90 Å². The van der Waals surface area contributed by atoms with Crippen molar-refractivity contribution in [3.05, 3.63) is 12.4 Å². The average Bonchev–Trinajstić information content (AvgIpc) is 2.98. The molecule has 2 rings (SSSR count). The number of rotatable bonds is 4. The zero-order chi connectivity index (χ0) is 11.9. The molecule has 1 atom stereocenters. The minimum absolute atomic E-state index is 0.0743. The molecule has 5 nitrogen and oxygen atoms in total. The molecule has 1 aromatic heterocycles. The summed E-state index contributed by atoms with van der Waals surface area (Å²) in [5.74, 6) is 0.524. The monoisotopic (exact) mass is 243 g/mol. The van der Waals surface area contributed by atoms with Gasteiger partial charge in [0.15, 0.2) is 0 Å². The highest BCUT2D eigenvalue weighted by Crippen LogP contribution is 2.36. The Morgan fingerprint density at radius 3 is 2.62 bits per heavy atom. The van der Waals surface area contributed by atoms with Crippen molar-refractivity contribution in [2.24, 2.45) is 13.0 Å². The van der Waals surface area contributed by atoms with Crippen LogP contribution in [0.3, 0.4) is 0 Å². The van der Waals surface area contributed by atoms with Crippen LogP contribution in [-0.2, 0) is 17.1 Å². The standard InChI is InChI=1S/C10H17N3O2S/c1-8(9-4-5-9)13(3)16(14,15)10-6-11-12(2)7-10/h6-9H,4-5H2,1-3H3/t8-/m1/s1. The molecule has 0 unspecified atom stereocenters. The van der Waals surface area contributed by atoms with E-state index in [1.807, 2.05) is 6.92 Å². The summed E-state index contributed by atoms with van der Waals surface area (Å²) >= 11 is 0. The molecule has 16 heavy (non-hydrogen) atoms. The number of nitrogens with zero attached hydrogens (tertiary/aromatic N) is 3. The Balaban J connectivity index is 2.24. The van der Waals surface area contributed by atoms with Crippen LogP contribution in [-0.4, -0.2) is 35.6 Å². The fourth-order valence-electron chi connectivity index (χ4n) is 1.79. The first kappa shape index (κ1) is 11.6. The molecule has 0 aliphatic heterocycles. The third-order valence-corrected chi connectivity index (χ3v) is 5.13. The van der Waals surface area contributed by atoms with Gasteiger partial charge >= 0.3 is 0 Å². The summed E-state index contributed by atoms with van der Waals surface area (Å²) in [5.41, 5.74) is 0. The third-order valence-electron chi connectivity index (χ3n) is 3.24. The lowest BCUT2D eigenvalue weighted by molar-refractivity contribution is 0.357. The Hall–Kier alpha value is -0.880. The molecule has 1 aromatic rings. The molecule has 0 radical (unpaired) electrons. The van der Waals surface area contributed by atoms with E-state index in [9.17, 15) is 8.42 Å². The zero-order valence-corrected chi connectivity index (χ0v) is 10.6.